The van der Waals surface area contributed by atoms with Crippen LogP contribution in [-0.4, -0.2) is 4.92 Å². The molecular weight excluding hydrogens is 298 g/mol. The van der Waals surface area contributed by atoms with Crippen LogP contribution in [0.1, 0.15) is 0 Å². The van der Waals surface area contributed by atoms with Crippen molar-refractivity contribution in [2.75, 3.05) is 0 Å². The minimum absolute atomic E-state index is 0.150. The van der Waals surface area contributed by atoms with Crippen molar-refractivity contribution < 1.29 is 9.65 Å². The topological polar surface area (TPSA) is 70.1 Å². The normalized spacial score (nSPS) is 9.83. The summed E-state index contributed by atoms with van der Waals surface area (Å²) in [6.07, 6.45) is 1.00. The molecule has 0 aliphatic heterocycles. The summed E-state index contributed by atoms with van der Waals surface area (Å²) >= 11 is 7.12. The molecule has 7 heteroatoms. The molecule has 64 valence electrons. The number of hydrogen-bond acceptors (Lipinski definition) is 3. The van der Waals surface area contributed by atoms with Crippen molar-refractivity contribution in [2.24, 2.45) is 0 Å². The molecule has 0 atom stereocenters. The first-order chi connectivity index (χ1) is 5.54. The Morgan fingerprint density at radius 1 is 1.67 bits per heavy atom. The molecule has 0 spiro atoms. The maximum atomic E-state index is 10.8. The van der Waals surface area contributed by atoms with E-state index >= 15 is 0 Å². The zero-order chi connectivity index (χ0) is 9.30. The predicted octanol–water partition coefficient (Wildman–Crippen LogP) is 1.49. The highest BCUT2D eigenvalue weighted by Crippen LogP contribution is 2.24. The Kier molecular flexibility index (Phi) is 2.68. The van der Waals surface area contributed by atoms with Crippen LogP contribution in [-0.2, 0) is 0 Å². The Bertz CT molecular complexity index is 344. The van der Waals surface area contributed by atoms with Gasteiger partial charge in [-0.15, -0.1) is 0 Å². The van der Waals surface area contributed by atoms with E-state index in [9.17, 15) is 15.3 Å². The highest BCUT2D eigenvalue weighted by Gasteiger charge is 2.20. The lowest BCUT2D eigenvalue weighted by molar-refractivity contribution is -0.604. The van der Waals surface area contributed by atoms with Crippen LogP contribution in [0.15, 0.2) is 12.3 Å². The summed E-state index contributed by atoms with van der Waals surface area (Å²) < 4.78 is 0.521. The van der Waals surface area contributed by atoms with Gasteiger partial charge >= 0.3 is 5.15 Å². The highest BCUT2D eigenvalue weighted by atomic mass is 127. The van der Waals surface area contributed by atoms with E-state index in [1.165, 1.54) is 0 Å². The third-order valence-electron chi connectivity index (χ3n) is 1.16. The van der Waals surface area contributed by atoms with Crippen LogP contribution in [0.2, 0.25) is 5.15 Å². The lowest BCUT2D eigenvalue weighted by Crippen LogP contribution is -2.27. The van der Waals surface area contributed by atoms with Gasteiger partial charge in [0.15, 0.2) is 9.77 Å². The van der Waals surface area contributed by atoms with E-state index in [1.54, 1.807) is 22.6 Å². The molecule has 0 bridgehead atoms. The van der Waals surface area contributed by atoms with Crippen molar-refractivity contribution in [2.45, 2.75) is 0 Å². The van der Waals surface area contributed by atoms with Gasteiger partial charge in [0.2, 0.25) is 0 Å². The number of rotatable bonds is 1. The van der Waals surface area contributed by atoms with Gasteiger partial charge in [-0.3, -0.25) is 10.1 Å². The molecule has 1 rings (SSSR count). The SMILES string of the molecule is O=[N+]([O-])c1cc[n+]([O-])c(Cl)c1I. The van der Waals surface area contributed by atoms with Crippen LogP contribution in [0.5, 0.6) is 0 Å². The van der Waals surface area contributed by atoms with E-state index in [0.717, 1.165) is 12.3 Å². The molecule has 0 fully saturated rings. The molecule has 0 N–H and O–H groups in total. The average molecular weight is 300 g/mol. The largest absolute Gasteiger partial charge is 0.618 e. The molecule has 12 heavy (non-hydrogen) atoms. The zero-order valence-corrected chi connectivity index (χ0v) is 8.44. The molecule has 1 aromatic rings. The molecule has 0 unspecified atom stereocenters. The summed E-state index contributed by atoms with van der Waals surface area (Å²) in [5.41, 5.74) is -0.160. The Hall–Kier alpha value is -0.630. The molecule has 0 amide bonds. The van der Waals surface area contributed by atoms with E-state index in [0.29, 0.717) is 4.73 Å². The summed E-state index contributed by atoms with van der Waals surface area (Å²) in [6, 6.07) is 1.11. The summed E-state index contributed by atoms with van der Waals surface area (Å²) in [5, 5.41) is 20.9. The maximum absolute atomic E-state index is 10.8. The van der Waals surface area contributed by atoms with Gasteiger partial charge in [-0.1, -0.05) is 0 Å². The van der Waals surface area contributed by atoms with E-state index in [2.05, 4.69) is 0 Å². The van der Waals surface area contributed by atoms with E-state index in [-0.39, 0.29) is 14.4 Å². The van der Waals surface area contributed by atoms with Crippen LogP contribution in [0.25, 0.3) is 0 Å². The van der Waals surface area contributed by atoms with Crippen molar-refractivity contribution >= 4 is 39.9 Å². The fourth-order valence-electron chi connectivity index (χ4n) is 0.620. The van der Waals surface area contributed by atoms with Crippen molar-refractivity contribution in [3.05, 3.63) is 36.3 Å². The molecule has 0 aromatic carbocycles. The first-order valence-corrected chi connectivity index (χ1v) is 4.21. The first kappa shape index (κ1) is 9.46. The van der Waals surface area contributed by atoms with Gasteiger partial charge in [-0.05, 0) is 34.2 Å². The third kappa shape index (κ3) is 1.58. The molecular formula is C5H2ClIN2O3. The van der Waals surface area contributed by atoms with Gasteiger partial charge in [-0.2, -0.15) is 4.73 Å². The van der Waals surface area contributed by atoms with E-state index < -0.39 is 4.92 Å². The number of nitrogens with zero attached hydrogens (tertiary/aromatic N) is 2. The molecule has 0 saturated heterocycles. The lowest BCUT2D eigenvalue weighted by Gasteiger charge is -1.99. The zero-order valence-electron chi connectivity index (χ0n) is 5.53. The summed E-state index contributed by atoms with van der Waals surface area (Å²) in [6.45, 7) is 0. The Morgan fingerprint density at radius 3 is 2.75 bits per heavy atom. The highest BCUT2D eigenvalue weighted by molar-refractivity contribution is 14.1. The van der Waals surface area contributed by atoms with Crippen LogP contribution in [0, 0.1) is 18.9 Å². The van der Waals surface area contributed by atoms with Crippen LogP contribution >= 0.6 is 34.2 Å². The second-order valence-electron chi connectivity index (χ2n) is 1.89. The predicted molar refractivity (Wildman–Crippen MR) is 49.8 cm³/mol. The number of aromatic nitrogens is 1. The Labute approximate surface area is 85.8 Å². The lowest BCUT2D eigenvalue weighted by atomic mass is 10.4. The second kappa shape index (κ2) is 3.40. The van der Waals surface area contributed by atoms with Crippen molar-refractivity contribution in [3.8, 4) is 0 Å². The van der Waals surface area contributed by atoms with E-state index in [1.807, 2.05) is 0 Å². The minimum atomic E-state index is -0.590. The third-order valence-corrected chi connectivity index (χ3v) is 2.90. The smallest absolute Gasteiger partial charge is 0.306 e. The fourth-order valence-corrected chi connectivity index (χ4v) is 1.39. The molecule has 0 aliphatic rings. The summed E-state index contributed by atoms with van der Waals surface area (Å²) in [5.74, 6) is 0. The van der Waals surface area contributed by atoms with Gasteiger partial charge in [0, 0.05) is 0 Å². The van der Waals surface area contributed by atoms with Crippen LogP contribution < -0.4 is 4.73 Å². The van der Waals surface area contributed by atoms with Crippen LogP contribution in [0.3, 0.4) is 0 Å². The van der Waals surface area contributed by atoms with Gasteiger partial charge < -0.3 is 5.21 Å². The molecule has 1 aromatic heterocycles. The number of hydrogen-bond donors (Lipinski definition) is 0. The first-order valence-electron chi connectivity index (χ1n) is 2.75. The molecule has 0 saturated carbocycles. The molecule has 0 aliphatic carbocycles. The van der Waals surface area contributed by atoms with Crippen LogP contribution in [0.4, 0.5) is 5.69 Å². The monoisotopic (exact) mass is 300 g/mol. The van der Waals surface area contributed by atoms with E-state index in [4.69, 9.17) is 11.6 Å². The average Bonchev–Trinajstić information content (AvgIpc) is 2.00. The van der Waals surface area contributed by atoms with Crippen molar-refractivity contribution in [1.29, 1.82) is 0 Å². The number of nitro groups is 1. The van der Waals surface area contributed by atoms with Crippen molar-refractivity contribution in [3.63, 3.8) is 0 Å². The standard InChI is InChI=1S/C5H2ClIN2O3/c6-5-4(7)3(9(11)12)1-2-8(5)10/h1-2H. The molecule has 5 nitrogen and oxygen atoms in total. The van der Waals surface area contributed by atoms with Gasteiger partial charge in [-0.25, -0.2) is 0 Å². The maximum Gasteiger partial charge on any atom is 0.306 e. The Balaban J connectivity index is 3.36. The van der Waals surface area contributed by atoms with Gasteiger partial charge in [0.1, 0.15) is 0 Å². The molecule has 1 heterocycles. The fraction of sp³-hybridized carbons (Fsp3) is 0. The number of pyridine rings is 1. The van der Waals surface area contributed by atoms with Gasteiger partial charge in [0.25, 0.3) is 5.69 Å². The number of halogens is 2. The van der Waals surface area contributed by atoms with Crippen molar-refractivity contribution in [1.82, 2.24) is 0 Å². The van der Waals surface area contributed by atoms with Gasteiger partial charge in [0.05, 0.1) is 11.0 Å². The summed E-state index contributed by atoms with van der Waals surface area (Å²) in [7, 11) is 0. The Morgan fingerprint density at radius 2 is 2.25 bits per heavy atom. The quantitative estimate of drug-likeness (QED) is 0.197. The molecule has 0 radical (unpaired) electrons. The summed E-state index contributed by atoms with van der Waals surface area (Å²) in [4.78, 5) is 9.73. The second-order valence-corrected chi connectivity index (χ2v) is 3.33. The minimum Gasteiger partial charge on any atom is -0.618 e.